The van der Waals surface area contributed by atoms with Crippen LogP contribution in [0.1, 0.15) is 129 Å². The molecule has 0 amide bonds. The second kappa shape index (κ2) is 20.9. The average molecular weight is 401 g/mol. The SMILES string of the molecule is CCCCCCCCCCCCO[Si](C)(C)OCCCCCCCCCC. The van der Waals surface area contributed by atoms with Crippen LogP contribution in [0.4, 0.5) is 0 Å². The van der Waals surface area contributed by atoms with Crippen LogP contribution in [-0.2, 0) is 8.85 Å². The molecule has 2 nitrogen and oxygen atoms in total. The van der Waals surface area contributed by atoms with E-state index in [-0.39, 0.29) is 0 Å². The Labute approximate surface area is 173 Å². The van der Waals surface area contributed by atoms with Crippen LogP contribution in [0, 0.1) is 0 Å². The lowest BCUT2D eigenvalue weighted by Gasteiger charge is -2.23. The van der Waals surface area contributed by atoms with Crippen molar-refractivity contribution in [3.63, 3.8) is 0 Å². The summed E-state index contributed by atoms with van der Waals surface area (Å²) < 4.78 is 12.2. The van der Waals surface area contributed by atoms with E-state index in [4.69, 9.17) is 8.85 Å². The van der Waals surface area contributed by atoms with Crippen molar-refractivity contribution in [3.8, 4) is 0 Å². The van der Waals surface area contributed by atoms with Crippen molar-refractivity contribution in [2.45, 2.75) is 143 Å². The lowest BCUT2D eigenvalue weighted by molar-refractivity contribution is 0.172. The molecule has 0 unspecified atom stereocenters. The maximum absolute atomic E-state index is 6.09. The maximum Gasteiger partial charge on any atom is 0.331 e. The van der Waals surface area contributed by atoms with Gasteiger partial charge in [-0.1, -0.05) is 117 Å². The Morgan fingerprint density at radius 3 is 0.963 bits per heavy atom. The fraction of sp³-hybridized carbons (Fsp3) is 1.00. The Bertz CT molecular complexity index is 282. The predicted octanol–water partition coefficient (Wildman–Crippen LogP) is 8.78. The molecule has 0 aliphatic rings. The first-order chi connectivity index (χ1) is 13.1. The Balaban J connectivity index is 3.31. The average Bonchev–Trinajstić information content (AvgIpc) is 2.64. The van der Waals surface area contributed by atoms with E-state index >= 15 is 0 Å². The van der Waals surface area contributed by atoms with Crippen molar-refractivity contribution in [2.24, 2.45) is 0 Å². The minimum atomic E-state index is -1.88. The standard InChI is InChI=1S/C24H52O2Si/c1-5-7-9-11-13-15-16-18-20-22-24-26-27(3,4)25-23-21-19-17-14-12-10-8-6-2/h5-24H2,1-4H3. The fourth-order valence-electron chi connectivity index (χ4n) is 3.50. The largest absolute Gasteiger partial charge is 0.395 e. The molecule has 0 aliphatic heterocycles. The molecular weight excluding hydrogens is 348 g/mol. The van der Waals surface area contributed by atoms with Gasteiger partial charge in [0.25, 0.3) is 0 Å². The summed E-state index contributed by atoms with van der Waals surface area (Å²) in [6.07, 6.45) is 24.6. The topological polar surface area (TPSA) is 18.5 Å². The van der Waals surface area contributed by atoms with Gasteiger partial charge in [-0.15, -0.1) is 0 Å². The second-order valence-corrected chi connectivity index (χ2v) is 12.1. The third kappa shape index (κ3) is 22.3. The molecular formula is C24H52O2Si. The van der Waals surface area contributed by atoms with E-state index in [1.54, 1.807) is 0 Å². The van der Waals surface area contributed by atoms with Crippen LogP contribution in [0.25, 0.3) is 0 Å². The summed E-state index contributed by atoms with van der Waals surface area (Å²) in [6, 6.07) is 0. The van der Waals surface area contributed by atoms with Gasteiger partial charge in [0.05, 0.1) is 0 Å². The van der Waals surface area contributed by atoms with Gasteiger partial charge in [0.15, 0.2) is 0 Å². The lowest BCUT2D eigenvalue weighted by atomic mass is 10.1. The number of hydrogen-bond acceptors (Lipinski definition) is 2. The van der Waals surface area contributed by atoms with Crippen LogP contribution in [0.2, 0.25) is 13.1 Å². The summed E-state index contributed by atoms with van der Waals surface area (Å²) in [5.41, 5.74) is 0. The monoisotopic (exact) mass is 400 g/mol. The third-order valence-corrected chi connectivity index (χ3v) is 7.19. The highest BCUT2D eigenvalue weighted by Crippen LogP contribution is 2.13. The number of hydrogen-bond donors (Lipinski definition) is 0. The van der Waals surface area contributed by atoms with Crippen molar-refractivity contribution in [3.05, 3.63) is 0 Å². The zero-order valence-electron chi connectivity index (χ0n) is 19.5. The normalized spacial score (nSPS) is 12.0. The van der Waals surface area contributed by atoms with Gasteiger partial charge in [0, 0.05) is 13.2 Å². The molecule has 0 saturated carbocycles. The van der Waals surface area contributed by atoms with E-state index in [0.29, 0.717) is 0 Å². The minimum Gasteiger partial charge on any atom is -0.395 e. The molecule has 3 heteroatoms. The first kappa shape index (κ1) is 27.1. The first-order valence-electron chi connectivity index (χ1n) is 12.4. The van der Waals surface area contributed by atoms with E-state index in [1.807, 2.05) is 0 Å². The molecule has 164 valence electrons. The summed E-state index contributed by atoms with van der Waals surface area (Å²) in [5, 5.41) is 0. The highest BCUT2D eigenvalue weighted by Gasteiger charge is 2.23. The summed E-state index contributed by atoms with van der Waals surface area (Å²) in [6.45, 7) is 10.8. The van der Waals surface area contributed by atoms with Crippen molar-refractivity contribution in [1.29, 1.82) is 0 Å². The second-order valence-electron chi connectivity index (χ2n) is 8.75. The molecule has 0 aromatic rings. The summed E-state index contributed by atoms with van der Waals surface area (Å²) >= 11 is 0. The van der Waals surface area contributed by atoms with E-state index < -0.39 is 8.56 Å². The van der Waals surface area contributed by atoms with Crippen LogP contribution in [0.5, 0.6) is 0 Å². The fourth-order valence-corrected chi connectivity index (χ4v) is 4.86. The third-order valence-electron chi connectivity index (χ3n) is 5.40. The maximum atomic E-state index is 6.09. The summed E-state index contributed by atoms with van der Waals surface area (Å²) in [7, 11) is -1.88. The van der Waals surface area contributed by atoms with E-state index in [0.717, 1.165) is 13.2 Å². The molecule has 0 aliphatic carbocycles. The number of unbranched alkanes of at least 4 members (excludes halogenated alkanes) is 16. The van der Waals surface area contributed by atoms with Gasteiger partial charge in [-0.25, -0.2) is 0 Å². The van der Waals surface area contributed by atoms with Crippen LogP contribution in [0.3, 0.4) is 0 Å². The molecule has 0 N–H and O–H groups in total. The van der Waals surface area contributed by atoms with Gasteiger partial charge in [-0.05, 0) is 25.9 Å². The Kier molecular flexibility index (Phi) is 21.0. The van der Waals surface area contributed by atoms with Gasteiger partial charge in [0.1, 0.15) is 0 Å². The highest BCUT2D eigenvalue weighted by molar-refractivity contribution is 6.64. The van der Waals surface area contributed by atoms with Crippen molar-refractivity contribution in [1.82, 2.24) is 0 Å². The summed E-state index contributed by atoms with van der Waals surface area (Å²) in [5.74, 6) is 0. The smallest absolute Gasteiger partial charge is 0.331 e. The molecule has 0 fully saturated rings. The molecule has 0 aromatic heterocycles. The van der Waals surface area contributed by atoms with E-state index in [9.17, 15) is 0 Å². The summed E-state index contributed by atoms with van der Waals surface area (Å²) in [4.78, 5) is 0. The lowest BCUT2D eigenvalue weighted by Crippen LogP contribution is -2.35. The molecule has 0 aromatic carbocycles. The zero-order valence-corrected chi connectivity index (χ0v) is 20.5. The van der Waals surface area contributed by atoms with Crippen LogP contribution >= 0.6 is 0 Å². The van der Waals surface area contributed by atoms with Crippen LogP contribution < -0.4 is 0 Å². The molecule has 27 heavy (non-hydrogen) atoms. The zero-order chi connectivity index (χ0) is 20.1. The van der Waals surface area contributed by atoms with Gasteiger partial charge < -0.3 is 8.85 Å². The van der Waals surface area contributed by atoms with Crippen LogP contribution in [-0.4, -0.2) is 21.8 Å². The molecule has 0 heterocycles. The van der Waals surface area contributed by atoms with Gasteiger partial charge >= 0.3 is 8.56 Å². The van der Waals surface area contributed by atoms with E-state index in [1.165, 1.54) is 116 Å². The molecule has 0 bridgehead atoms. The predicted molar refractivity (Wildman–Crippen MR) is 124 cm³/mol. The Morgan fingerprint density at radius 2 is 0.667 bits per heavy atom. The Hall–Kier alpha value is 0.137. The first-order valence-corrected chi connectivity index (χ1v) is 15.2. The molecule has 0 spiro atoms. The number of rotatable bonds is 22. The van der Waals surface area contributed by atoms with Crippen molar-refractivity contribution >= 4 is 8.56 Å². The molecule has 0 radical (unpaired) electrons. The van der Waals surface area contributed by atoms with Gasteiger partial charge in [-0.3, -0.25) is 0 Å². The molecule has 0 saturated heterocycles. The van der Waals surface area contributed by atoms with E-state index in [2.05, 4.69) is 26.9 Å². The van der Waals surface area contributed by atoms with Crippen molar-refractivity contribution in [2.75, 3.05) is 13.2 Å². The highest BCUT2D eigenvalue weighted by atomic mass is 28.4. The molecule has 0 atom stereocenters. The molecule has 0 rings (SSSR count). The minimum absolute atomic E-state index is 0.895. The van der Waals surface area contributed by atoms with Crippen molar-refractivity contribution < 1.29 is 8.85 Å². The Morgan fingerprint density at radius 1 is 0.407 bits per heavy atom. The van der Waals surface area contributed by atoms with Crippen LogP contribution in [0.15, 0.2) is 0 Å². The van der Waals surface area contributed by atoms with Gasteiger partial charge in [-0.2, -0.15) is 0 Å². The quantitative estimate of drug-likeness (QED) is 0.133. The van der Waals surface area contributed by atoms with Gasteiger partial charge in [0.2, 0.25) is 0 Å².